The molecule has 0 aliphatic rings. The van der Waals surface area contributed by atoms with Crippen molar-refractivity contribution < 1.29 is 4.52 Å². The molecule has 0 N–H and O–H groups in total. The molecule has 148 valence electrons. The molecule has 1 aromatic carbocycles. The Bertz CT molecular complexity index is 1110. The third kappa shape index (κ3) is 3.93. The summed E-state index contributed by atoms with van der Waals surface area (Å²) in [4.78, 5) is 8.61. The lowest BCUT2D eigenvalue weighted by molar-refractivity contribution is 0.376. The van der Waals surface area contributed by atoms with Gasteiger partial charge in [-0.25, -0.2) is 0 Å². The summed E-state index contributed by atoms with van der Waals surface area (Å²) in [6.07, 6.45) is 3.56. The van der Waals surface area contributed by atoms with Gasteiger partial charge in [-0.05, 0) is 43.5 Å². The van der Waals surface area contributed by atoms with Gasteiger partial charge in [0.25, 0.3) is 0 Å². The second kappa shape index (κ2) is 8.16. The molecular weight excluding hydrogens is 384 g/mol. The molecule has 0 fully saturated rings. The van der Waals surface area contributed by atoms with Crippen LogP contribution in [-0.2, 0) is 0 Å². The average molecular weight is 407 g/mol. The molecule has 3 aromatic heterocycles. The summed E-state index contributed by atoms with van der Waals surface area (Å²) >= 11 is 1.54. The number of rotatable bonds is 6. The van der Waals surface area contributed by atoms with Crippen LogP contribution in [0.5, 0.6) is 0 Å². The zero-order chi connectivity index (χ0) is 20.4. The van der Waals surface area contributed by atoms with Gasteiger partial charge in [0.05, 0.1) is 10.9 Å². The highest BCUT2D eigenvalue weighted by atomic mass is 32.2. The number of para-hydroxylation sites is 1. The minimum atomic E-state index is -0.0629. The molecule has 0 amide bonds. The average Bonchev–Trinajstić information content (AvgIpc) is 3.35. The minimum Gasteiger partial charge on any atom is -0.338 e. The predicted octanol–water partition coefficient (Wildman–Crippen LogP) is 5.00. The van der Waals surface area contributed by atoms with E-state index in [1.54, 1.807) is 24.2 Å². The van der Waals surface area contributed by atoms with Crippen LogP contribution in [0.2, 0.25) is 0 Å². The molecule has 0 saturated heterocycles. The van der Waals surface area contributed by atoms with Crippen molar-refractivity contribution in [2.45, 2.75) is 44.0 Å². The summed E-state index contributed by atoms with van der Waals surface area (Å²) in [5, 5.41) is 13.6. The highest BCUT2D eigenvalue weighted by Crippen LogP contribution is 2.37. The highest BCUT2D eigenvalue weighted by Gasteiger charge is 2.23. The number of hydrogen-bond acceptors (Lipinski definition) is 7. The van der Waals surface area contributed by atoms with Crippen molar-refractivity contribution >= 4 is 11.8 Å². The third-order valence-corrected chi connectivity index (χ3v) is 5.56. The van der Waals surface area contributed by atoms with Crippen molar-refractivity contribution in [3.05, 3.63) is 66.1 Å². The van der Waals surface area contributed by atoms with Crippen molar-refractivity contribution in [3.8, 4) is 17.1 Å². The van der Waals surface area contributed by atoms with Gasteiger partial charge in [-0.1, -0.05) is 49.0 Å². The monoisotopic (exact) mass is 406 g/mol. The summed E-state index contributed by atoms with van der Waals surface area (Å²) in [5.74, 6) is 2.30. The maximum atomic E-state index is 5.35. The molecule has 8 heteroatoms. The molecular formula is C21H22N6OS. The minimum absolute atomic E-state index is 0.0629. The van der Waals surface area contributed by atoms with Crippen LogP contribution in [0.25, 0.3) is 17.1 Å². The number of hydrogen-bond donors (Lipinski definition) is 0. The van der Waals surface area contributed by atoms with Gasteiger partial charge >= 0.3 is 0 Å². The first-order valence-corrected chi connectivity index (χ1v) is 10.3. The van der Waals surface area contributed by atoms with Gasteiger partial charge in [-0.3, -0.25) is 9.55 Å². The van der Waals surface area contributed by atoms with Crippen LogP contribution >= 0.6 is 11.8 Å². The van der Waals surface area contributed by atoms with Crippen molar-refractivity contribution in [1.82, 2.24) is 29.9 Å². The topological polar surface area (TPSA) is 82.5 Å². The summed E-state index contributed by atoms with van der Waals surface area (Å²) < 4.78 is 7.44. The quantitative estimate of drug-likeness (QED) is 0.417. The van der Waals surface area contributed by atoms with E-state index in [9.17, 15) is 0 Å². The van der Waals surface area contributed by atoms with Crippen LogP contribution in [0.4, 0.5) is 0 Å². The fourth-order valence-corrected chi connectivity index (χ4v) is 4.00. The molecule has 0 spiro atoms. The standard InChI is InChI=1S/C21H22N6OS/c1-13(2)17-9-5-6-10-18(17)27-19(16-8-7-11-22-12-16)24-25-21(27)29-14(3)20-23-15(4)26-28-20/h5-14H,1-4H3. The van der Waals surface area contributed by atoms with Crippen molar-refractivity contribution in [2.75, 3.05) is 0 Å². The van der Waals surface area contributed by atoms with Gasteiger partial charge in [0.2, 0.25) is 5.89 Å². The summed E-state index contributed by atoms with van der Waals surface area (Å²) in [6, 6.07) is 12.2. The number of benzene rings is 1. The molecule has 7 nitrogen and oxygen atoms in total. The normalized spacial score (nSPS) is 12.4. The second-order valence-electron chi connectivity index (χ2n) is 7.04. The molecule has 1 atom stereocenters. The summed E-state index contributed by atoms with van der Waals surface area (Å²) in [7, 11) is 0. The number of pyridine rings is 1. The van der Waals surface area contributed by atoms with Crippen molar-refractivity contribution in [1.29, 1.82) is 0 Å². The first-order chi connectivity index (χ1) is 14.0. The van der Waals surface area contributed by atoms with Crippen LogP contribution in [0.1, 0.15) is 49.2 Å². The lowest BCUT2D eigenvalue weighted by Crippen LogP contribution is -2.05. The largest absolute Gasteiger partial charge is 0.338 e. The first kappa shape index (κ1) is 19.3. The summed E-state index contributed by atoms with van der Waals surface area (Å²) in [5.41, 5.74) is 3.19. The fourth-order valence-electron chi connectivity index (χ4n) is 3.11. The van der Waals surface area contributed by atoms with Crippen LogP contribution in [0.15, 0.2) is 58.5 Å². The van der Waals surface area contributed by atoms with E-state index in [0.29, 0.717) is 17.6 Å². The fraction of sp³-hybridized carbons (Fsp3) is 0.286. The van der Waals surface area contributed by atoms with Crippen LogP contribution in [-0.4, -0.2) is 29.9 Å². The second-order valence-corrected chi connectivity index (χ2v) is 8.34. The number of thioether (sulfide) groups is 1. The van der Waals surface area contributed by atoms with E-state index >= 15 is 0 Å². The molecule has 4 aromatic rings. The molecule has 29 heavy (non-hydrogen) atoms. The van der Waals surface area contributed by atoms with E-state index in [1.807, 2.05) is 32.0 Å². The van der Waals surface area contributed by atoms with E-state index < -0.39 is 0 Å². The van der Waals surface area contributed by atoms with E-state index in [1.165, 1.54) is 5.56 Å². The number of aryl methyl sites for hydroxylation is 1. The molecule has 0 aliphatic carbocycles. The Morgan fingerprint density at radius 3 is 2.55 bits per heavy atom. The van der Waals surface area contributed by atoms with E-state index in [2.05, 4.69) is 61.9 Å². The van der Waals surface area contributed by atoms with Crippen molar-refractivity contribution in [2.24, 2.45) is 0 Å². The van der Waals surface area contributed by atoms with Crippen LogP contribution in [0.3, 0.4) is 0 Å². The van der Waals surface area contributed by atoms with Gasteiger partial charge in [0.15, 0.2) is 16.8 Å². The van der Waals surface area contributed by atoms with Crippen LogP contribution < -0.4 is 0 Å². The Balaban J connectivity index is 1.84. The van der Waals surface area contributed by atoms with Gasteiger partial charge in [-0.15, -0.1) is 10.2 Å². The predicted molar refractivity (Wildman–Crippen MR) is 112 cm³/mol. The van der Waals surface area contributed by atoms with Gasteiger partial charge in [0.1, 0.15) is 0 Å². The van der Waals surface area contributed by atoms with E-state index in [-0.39, 0.29) is 5.25 Å². The molecule has 0 radical (unpaired) electrons. The SMILES string of the molecule is Cc1noc(C(C)Sc2nnc(-c3cccnc3)n2-c2ccccc2C(C)C)n1. The Hall–Kier alpha value is -3.00. The molecule has 0 saturated carbocycles. The number of aromatic nitrogens is 6. The van der Waals surface area contributed by atoms with Gasteiger partial charge < -0.3 is 4.52 Å². The smallest absolute Gasteiger partial charge is 0.239 e. The first-order valence-electron chi connectivity index (χ1n) is 9.46. The third-order valence-electron chi connectivity index (χ3n) is 4.53. The zero-order valence-electron chi connectivity index (χ0n) is 16.8. The maximum Gasteiger partial charge on any atom is 0.239 e. The van der Waals surface area contributed by atoms with E-state index in [0.717, 1.165) is 22.2 Å². The molecule has 0 aliphatic heterocycles. The molecule has 4 rings (SSSR count). The van der Waals surface area contributed by atoms with E-state index in [4.69, 9.17) is 4.52 Å². The molecule has 1 unspecified atom stereocenters. The lowest BCUT2D eigenvalue weighted by atomic mass is 10.0. The van der Waals surface area contributed by atoms with Gasteiger partial charge in [-0.2, -0.15) is 4.98 Å². The Labute approximate surface area is 173 Å². The summed E-state index contributed by atoms with van der Waals surface area (Å²) in [6.45, 7) is 8.20. The lowest BCUT2D eigenvalue weighted by Gasteiger charge is -2.17. The highest BCUT2D eigenvalue weighted by molar-refractivity contribution is 7.99. The maximum absolute atomic E-state index is 5.35. The zero-order valence-corrected chi connectivity index (χ0v) is 17.6. The Morgan fingerprint density at radius 2 is 1.86 bits per heavy atom. The Kier molecular flexibility index (Phi) is 5.44. The van der Waals surface area contributed by atoms with Crippen LogP contribution in [0, 0.1) is 6.92 Å². The van der Waals surface area contributed by atoms with Crippen molar-refractivity contribution in [3.63, 3.8) is 0 Å². The molecule has 0 bridgehead atoms. The van der Waals surface area contributed by atoms with Gasteiger partial charge in [0, 0.05) is 18.0 Å². The molecule has 3 heterocycles. The Morgan fingerprint density at radius 1 is 1.03 bits per heavy atom. The number of nitrogens with zero attached hydrogens (tertiary/aromatic N) is 6.